The lowest BCUT2D eigenvalue weighted by Gasteiger charge is -2.22. The summed E-state index contributed by atoms with van der Waals surface area (Å²) in [5, 5.41) is 9.29. The van der Waals surface area contributed by atoms with E-state index in [-0.39, 0.29) is 13.0 Å². The van der Waals surface area contributed by atoms with Crippen molar-refractivity contribution in [2.24, 2.45) is 0 Å². The molecule has 1 aliphatic heterocycles. The maximum absolute atomic E-state index is 11.8. The van der Waals surface area contributed by atoms with Gasteiger partial charge in [-0.1, -0.05) is 0 Å². The van der Waals surface area contributed by atoms with Crippen molar-refractivity contribution in [3.63, 3.8) is 0 Å². The topological polar surface area (TPSA) is 153 Å². The zero-order valence-electron chi connectivity index (χ0n) is 11.7. The molecule has 10 nitrogen and oxygen atoms in total. The van der Waals surface area contributed by atoms with Crippen LogP contribution in [0.5, 0.6) is 0 Å². The summed E-state index contributed by atoms with van der Waals surface area (Å²) in [6.07, 6.45) is 1.47. The zero-order chi connectivity index (χ0) is 16.7. The highest BCUT2D eigenvalue weighted by Gasteiger charge is 2.42. The average molecular weight is 333 g/mol. The first-order valence-electron chi connectivity index (χ1n) is 6.44. The van der Waals surface area contributed by atoms with E-state index in [2.05, 4.69) is 4.98 Å². The molecule has 2 heterocycles. The summed E-state index contributed by atoms with van der Waals surface area (Å²) in [6.45, 7) is 0.881. The summed E-state index contributed by atoms with van der Waals surface area (Å²) < 4.78 is 12.3. The van der Waals surface area contributed by atoms with Crippen LogP contribution in [0.3, 0.4) is 0 Å². The van der Waals surface area contributed by atoms with Crippen molar-refractivity contribution in [1.29, 1.82) is 0 Å². The molecule has 1 aliphatic rings. The monoisotopic (exact) mass is 333 g/mol. The Balaban J connectivity index is 2.35. The molecule has 2 rings (SSSR count). The Labute approximate surface area is 124 Å². The summed E-state index contributed by atoms with van der Waals surface area (Å²) in [6, 6.07) is -1.39. The number of carbonyl (C=O) groups excluding carboxylic acids is 1. The summed E-state index contributed by atoms with van der Waals surface area (Å²) in [5.41, 5.74) is -2.30. The van der Waals surface area contributed by atoms with Crippen molar-refractivity contribution in [2.75, 3.05) is 13.2 Å². The van der Waals surface area contributed by atoms with Crippen LogP contribution >= 0.6 is 7.60 Å². The van der Waals surface area contributed by atoms with E-state index in [1.165, 1.54) is 17.7 Å². The molecule has 122 valence electrons. The van der Waals surface area contributed by atoms with E-state index in [4.69, 9.17) is 9.79 Å². The predicted molar refractivity (Wildman–Crippen MR) is 74.7 cm³/mol. The Morgan fingerprint density at radius 2 is 2.09 bits per heavy atom. The predicted octanol–water partition coefficient (Wildman–Crippen LogP) is -1.25. The molecule has 4 N–H and O–H groups in total. The molecule has 0 spiro atoms. The van der Waals surface area contributed by atoms with E-state index in [0.717, 1.165) is 4.90 Å². The van der Waals surface area contributed by atoms with Crippen LogP contribution in [0.4, 0.5) is 4.79 Å². The fourth-order valence-corrected chi connectivity index (χ4v) is 3.11. The second-order valence-electron chi connectivity index (χ2n) is 5.18. The molecule has 0 saturated carbocycles. The Morgan fingerprint density at radius 3 is 2.64 bits per heavy atom. The van der Waals surface area contributed by atoms with Crippen molar-refractivity contribution in [3.05, 3.63) is 32.6 Å². The van der Waals surface area contributed by atoms with Crippen molar-refractivity contribution in [1.82, 2.24) is 14.5 Å². The fourth-order valence-electron chi connectivity index (χ4n) is 2.53. The summed E-state index contributed by atoms with van der Waals surface area (Å²) in [5.74, 6) is 0. The number of likely N-dealkylation sites (tertiary alicyclic amines) is 1. The van der Waals surface area contributed by atoms with Crippen molar-refractivity contribution < 1.29 is 24.3 Å². The standard InChI is InChI=1S/C11H16N3O7P/c1-6-3-13(10(17)12-9(6)16)7-2-8(5-15)14(4-7)11(18)22(19,20)21/h3,7-8,15H,2,4-5H2,1H3,(H,12,16,17)(H2,19,20,21)/t7-,8+/m0/s1. The zero-order valence-corrected chi connectivity index (χ0v) is 12.6. The van der Waals surface area contributed by atoms with Gasteiger partial charge in [0.2, 0.25) is 0 Å². The van der Waals surface area contributed by atoms with Gasteiger partial charge in [0, 0.05) is 18.3 Å². The third-order valence-electron chi connectivity index (χ3n) is 3.64. The van der Waals surface area contributed by atoms with Crippen molar-refractivity contribution in [2.45, 2.75) is 25.4 Å². The van der Waals surface area contributed by atoms with Gasteiger partial charge in [-0.05, 0) is 13.3 Å². The lowest BCUT2D eigenvalue weighted by atomic mass is 10.2. The number of aliphatic hydroxyl groups is 1. The molecule has 1 amide bonds. The van der Waals surface area contributed by atoms with Gasteiger partial charge in [0.1, 0.15) is 0 Å². The number of hydrogen-bond acceptors (Lipinski definition) is 5. The Morgan fingerprint density at radius 1 is 1.45 bits per heavy atom. The van der Waals surface area contributed by atoms with Crippen LogP contribution in [0, 0.1) is 6.92 Å². The molecule has 0 aliphatic carbocycles. The maximum atomic E-state index is 11.8. The van der Waals surface area contributed by atoms with Gasteiger partial charge in [-0.2, -0.15) is 0 Å². The van der Waals surface area contributed by atoms with E-state index in [1.807, 2.05) is 0 Å². The highest BCUT2D eigenvalue weighted by molar-refractivity contribution is 7.69. The van der Waals surface area contributed by atoms with Gasteiger partial charge in [0.15, 0.2) is 0 Å². The molecular weight excluding hydrogens is 317 g/mol. The van der Waals surface area contributed by atoms with Gasteiger partial charge in [0.25, 0.3) is 5.56 Å². The van der Waals surface area contributed by atoms with Crippen LogP contribution in [-0.4, -0.2) is 54.2 Å². The average Bonchev–Trinajstić information content (AvgIpc) is 2.84. The van der Waals surface area contributed by atoms with Gasteiger partial charge in [0.05, 0.1) is 18.7 Å². The van der Waals surface area contributed by atoms with Gasteiger partial charge >= 0.3 is 18.9 Å². The normalized spacial score (nSPS) is 22.1. The molecule has 2 atom stereocenters. The lowest BCUT2D eigenvalue weighted by molar-refractivity contribution is 0.167. The number of aryl methyl sites for hydroxylation is 1. The van der Waals surface area contributed by atoms with E-state index >= 15 is 0 Å². The van der Waals surface area contributed by atoms with Gasteiger partial charge in [-0.3, -0.25) is 19.1 Å². The number of nitrogens with zero attached hydrogens (tertiary/aromatic N) is 2. The van der Waals surface area contributed by atoms with E-state index in [9.17, 15) is 24.1 Å². The first-order chi connectivity index (χ1) is 10.1. The molecule has 11 heteroatoms. The number of nitrogens with one attached hydrogen (secondary N) is 1. The first-order valence-corrected chi connectivity index (χ1v) is 8.06. The molecule has 1 fully saturated rings. The molecule has 0 aromatic carbocycles. The maximum Gasteiger partial charge on any atom is 0.413 e. The minimum atomic E-state index is -4.97. The summed E-state index contributed by atoms with van der Waals surface area (Å²) in [4.78, 5) is 55.9. The van der Waals surface area contributed by atoms with Crippen LogP contribution in [-0.2, 0) is 4.57 Å². The van der Waals surface area contributed by atoms with Crippen LogP contribution in [0.15, 0.2) is 15.8 Å². The number of aromatic nitrogens is 2. The highest BCUT2D eigenvalue weighted by atomic mass is 31.2. The molecule has 0 radical (unpaired) electrons. The lowest BCUT2D eigenvalue weighted by Crippen LogP contribution is -2.37. The van der Waals surface area contributed by atoms with E-state index in [1.54, 1.807) is 0 Å². The molecule has 0 unspecified atom stereocenters. The molecule has 1 saturated heterocycles. The van der Waals surface area contributed by atoms with Crippen molar-refractivity contribution in [3.8, 4) is 0 Å². The fraction of sp³-hybridized carbons (Fsp3) is 0.545. The van der Waals surface area contributed by atoms with Crippen molar-refractivity contribution >= 4 is 13.2 Å². The Hall–Kier alpha value is -1.74. The van der Waals surface area contributed by atoms with Gasteiger partial charge < -0.3 is 19.8 Å². The van der Waals surface area contributed by atoms with Gasteiger partial charge in [-0.25, -0.2) is 9.36 Å². The summed E-state index contributed by atoms with van der Waals surface area (Å²) in [7, 11) is -4.97. The van der Waals surface area contributed by atoms with Gasteiger partial charge in [-0.15, -0.1) is 0 Å². The number of rotatable bonds is 3. The SMILES string of the molecule is Cc1cn([C@H]2C[C@H](CO)N(C(=O)P(=O)(O)O)C2)c(=O)[nH]c1=O. The molecule has 0 bridgehead atoms. The second-order valence-corrected chi connectivity index (χ2v) is 6.65. The number of H-pyrrole nitrogens is 1. The van der Waals surface area contributed by atoms with E-state index < -0.39 is 43.2 Å². The number of aliphatic hydroxyl groups excluding tert-OH is 1. The summed E-state index contributed by atoms with van der Waals surface area (Å²) >= 11 is 0. The number of amides is 1. The number of carbonyl (C=O) groups is 1. The first kappa shape index (κ1) is 16.6. The quantitative estimate of drug-likeness (QED) is 0.504. The molecule has 22 heavy (non-hydrogen) atoms. The highest BCUT2D eigenvalue weighted by Crippen LogP contribution is 2.41. The largest absolute Gasteiger partial charge is 0.413 e. The van der Waals surface area contributed by atoms with Crippen LogP contribution in [0.2, 0.25) is 0 Å². The second kappa shape index (κ2) is 5.81. The van der Waals surface area contributed by atoms with E-state index in [0.29, 0.717) is 5.56 Å². The van der Waals surface area contributed by atoms with Crippen LogP contribution in [0.1, 0.15) is 18.0 Å². The number of aromatic amines is 1. The van der Waals surface area contributed by atoms with Crippen LogP contribution < -0.4 is 11.2 Å². The molecule has 1 aromatic rings. The third-order valence-corrected chi connectivity index (χ3v) is 4.39. The Bertz CT molecular complexity index is 749. The Kier molecular flexibility index (Phi) is 4.39. The number of hydrogen-bond donors (Lipinski definition) is 4. The molecular formula is C11H16N3O7P. The smallest absolute Gasteiger partial charge is 0.394 e. The third kappa shape index (κ3) is 3.05. The minimum Gasteiger partial charge on any atom is -0.394 e. The minimum absolute atomic E-state index is 0.138. The van der Waals surface area contributed by atoms with Crippen LogP contribution in [0.25, 0.3) is 0 Å². The molecule has 1 aromatic heterocycles.